The van der Waals surface area contributed by atoms with Gasteiger partial charge in [-0.25, -0.2) is 14.4 Å². The summed E-state index contributed by atoms with van der Waals surface area (Å²) in [5, 5.41) is 3.70. The van der Waals surface area contributed by atoms with Crippen molar-refractivity contribution >= 4 is 41.5 Å². The molecular formula is C33H43ClFN5. The Balaban J connectivity index is 1.70. The molecule has 5 nitrogen and oxygen atoms in total. The normalized spacial score (nSPS) is 17.7. The summed E-state index contributed by atoms with van der Waals surface area (Å²) in [4.78, 5) is 13.7. The number of rotatable bonds is 12. The number of benzene rings is 2. The minimum atomic E-state index is -0.367. The molecule has 40 heavy (non-hydrogen) atoms. The van der Waals surface area contributed by atoms with Crippen LogP contribution in [0, 0.1) is 5.82 Å². The van der Waals surface area contributed by atoms with Crippen molar-refractivity contribution in [3.63, 3.8) is 0 Å². The van der Waals surface area contributed by atoms with Gasteiger partial charge < -0.3 is 10.2 Å². The quantitative estimate of drug-likeness (QED) is 0.169. The summed E-state index contributed by atoms with van der Waals surface area (Å²) in [7, 11) is 6.13. The molecule has 0 aromatic heterocycles. The van der Waals surface area contributed by atoms with Crippen LogP contribution >= 0.6 is 11.6 Å². The van der Waals surface area contributed by atoms with Crippen molar-refractivity contribution < 1.29 is 4.39 Å². The Morgan fingerprint density at radius 3 is 2.83 bits per heavy atom. The standard InChI is InChI=1S/C33H43ClFN5/c1-36-23-40-19-11-16-28(40)21-27-22-29(34)31(26-15-10-14-24-12-7-8-13-25(24)20-26)32(35)33(27)38-30(37-2)17-6-5-9-18-39(3)4/h7-8,10,12-15,22,28,36H,2,5-6,9,11,16-21,23H2,1,3-4H3. The molecule has 0 radical (unpaired) electrons. The van der Waals surface area contributed by atoms with Crippen molar-refractivity contribution in [2.45, 2.75) is 57.4 Å². The molecule has 1 saturated heterocycles. The number of fused-ring (bicyclic) bond motifs is 1. The van der Waals surface area contributed by atoms with Gasteiger partial charge in [0.1, 0.15) is 11.5 Å². The third-order valence-electron chi connectivity index (χ3n) is 7.85. The molecule has 1 heterocycles. The lowest BCUT2D eigenvalue weighted by Crippen LogP contribution is -2.37. The van der Waals surface area contributed by atoms with E-state index in [1.807, 2.05) is 37.4 Å². The first-order chi connectivity index (χ1) is 19.4. The molecular weight excluding hydrogens is 521 g/mol. The summed E-state index contributed by atoms with van der Waals surface area (Å²) in [6.45, 7) is 6.66. The van der Waals surface area contributed by atoms with Crippen LogP contribution in [0.1, 0.15) is 60.8 Å². The van der Waals surface area contributed by atoms with Gasteiger partial charge in [-0.2, -0.15) is 0 Å². The Kier molecular flexibility index (Phi) is 11.2. The van der Waals surface area contributed by atoms with Gasteiger partial charge in [-0.3, -0.25) is 4.90 Å². The average molecular weight is 564 g/mol. The summed E-state index contributed by atoms with van der Waals surface area (Å²) in [5.74, 6) is 0.213. The zero-order valence-electron chi connectivity index (χ0n) is 24.2. The van der Waals surface area contributed by atoms with Gasteiger partial charge in [-0.05, 0) is 108 Å². The van der Waals surface area contributed by atoms with E-state index >= 15 is 4.39 Å². The van der Waals surface area contributed by atoms with E-state index in [1.54, 1.807) is 0 Å². The van der Waals surface area contributed by atoms with E-state index in [4.69, 9.17) is 16.6 Å². The van der Waals surface area contributed by atoms with E-state index < -0.39 is 0 Å². The summed E-state index contributed by atoms with van der Waals surface area (Å²) in [5.41, 5.74) is 4.75. The largest absolute Gasteiger partial charge is 0.309 e. The van der Waals surface area contributed by atoms with E-state index in [2.05, 4.69) is 59.1 Å². The maximum absolute atomic E-state index is 16.7. The van der Waals surface area contributed by atoms with E-state index in [1.165, 1.54) is 0 Å². The zero-order valence-corrected chi connectivity index (χ0v) is 25.0. The molecule has 1 fully saturated rings. The number of nitrogens with one attached hydrogen (secondary N) is 1. The highest BCUT2D eigenvalue weighted by atomic mass is 35.5. The lowest BCUT2D eigenvalue weighted by Gasteiger charge is -2.25. The second kappa shape index (κ2) is 14.8. The van der Waals surface area contributed by atoms with Gasteiger partial charge in [-0.1, -0.05) is 60.5 Å². The number of amidine groups is 1. The molecule has 0 saturated carbocycles. The molecule has 1 N–H and O–H groups in total. The number of hydrogen-bond acceptors (Lipinski definition) is 4. The minimum Gasteiger partial charge on any atom is -0.309 e. The van der Waals surface area contributed by atoms with Gasteiger partial charge in [0.25, 0.3) is 0 Å². The average Bonchev–Trinajstić information content (AvgIpc) is 3.25. The zero-order chi connectivity index (χ0) is 28.5. The molecule has 1 atom stereocenters. The van der Waals surface area contributed by atoms with Crippen LogP contribution < -0.4 is 5.32 Å². The number of likely N-dealkylation sites (tertiary alicyclic amines) is 1. The Hall–Kier alpha value is -2.64. The van der Waals surface area contributed by atoms with Crippen LogP contribution in [-0.2, 0) is 12.8 Å². The summed E-state index contributed by atoms with van der Waals surface area (Å²) in [6, 6.07) is 10.5. The number of hydrogen-bond donors (Lipinski definition) is 1. The van der Waals surface area contributed by atoms with Crippen LogP contribution in [0.25, 0.3) is 11.6 Å². The van der Waals surface area contributed by atoms with Crippen LogP contribution in [-0.4, -0.2) is 69.3 Å². The highest BCUT2D eigenvalue weighted by Crippen LogP contribution is 2.40. The molecule has 2 aliphatic rings. The Bertz CT molecular complexity index is 1270. The predicted octanol–water partition coefficient (Wildman–Crippen LogP) is 7.17. The van der Waals surface area contributed by atoms with Gasteiger partial charge in [0, 0.05) is 24.7 Å². The predicted molar refractivity (Wildman–Crippen MR) is 170 cm³/mol. The number of unbranched alkanes of at least 4 members (excludes halogenated alkanes) is 2. The van der Waals surface area contributed by atoms with E-state index in [0.29, 0.717) is 47.4 Å². The third-order valence-corrected chi connectivity index (χ3v) is 8.14. The lowest BCUT2D eigenvalue weighted by atomic mass is 9.93. The van der Waals surface area contributed by atoms with Gasteiger partial charge in [0.2, 0.25) is 0 Å². The molecule has 1 unspecified atom stereocenters. The highest BCUT2D eigenvalue weighted by Gasteiger charge is 2.28. The molecule has 0 bridgehead atoms. The SMILES string of the molecule is C=NC(CCCCCN(C)C)=Nc1c(CC2CCCN2CNC)cc(Cl)c(C2=CC=Cc3ccccc3C2)c1F. The summed E-state index contributed by atoms with van der Waals surface area (Å²) < 4.78 is 16.7. The summed E-state index contributed by atoms with van der Waals surface area (Å²) in [6.07, 6.45) is 13.3. The monoisotopic (exact) mass is 563 g/mol. The van der Waals surface area contributed by atoms with Crippen LogP contribution in [0.5, 0.6) is 0 Å². The van der Waals surface area contributed by atoms with E-state index in [0.717, 1.165) is 74.1 Å². The second-order valence-corrected chi connectivity index (χ2v) is 11.5. The fourth-order valence-electron chi connectivity index (χ4n) is 5.77. The molecule has 0 amide bonds. The van der Waals surface area contributed by atoms with Crippen molar-refractivity contribution in [3.05, 3.63) is 75.6 Å². The molecule has 0 spiro atoms. The maximum Gasteiger partial charge on any atom is 0.158 e. The number of nitrogens with zero attached hydrogens (tertiary/aromatic N) is 4. The second-order valence-electron chi connectivity index (χ2n) is 11.1. The third kappa shape index (κ3) is 7.76. The Morgan fingerprint density at radius 1 is 1.23 bits per heavy atom. The molecule has 2 aromatic rings. The molecule has 4 rings (SSSR count). The van der Waals surface area contributed by atoms with Gasteiger partial charge in [-0.15, -0.1) is 0 Å². The maximum atomic E-state index is 16.7. The fourth-order valence-corrected chi connectivity index (χ4v) is 6.10. The van der Waals surface area contributed by atoms with Gasteiger partial charge in [0.05, 0.1) is 5.02 Å². The van der Waals surface area contributed by atoms with Crippen molar-refractivity contribution in [1.82, 2.24) is 15.1 Å². The van der Waals surface area contributed by atoms with Gasteiger partial charge in [0.15, 0.2) is 5.82 Å². The minimum absolute atomic E-state index is 0.306. The topological polar surface area (TPSA) is 43.2 Å². The highest BCUT2D eigenvalue weighted by molar-refractivity contribution is 6.32. The van der Waals surface area contributed by atoms with Crippen molar-refractivity contribution in [3.8, 4) is 0 Å². The first-order valence-electron chi connectivity index (χ1n) is 14.4. The molecule has 2 aromatic carbocycles. The molecule has 1 aliphatic heterocycles. The Labute approximate surface area is 244 Å². The lowest BCUT2D eigenvalue weighted by molar-refractivity contribution is 0.240. The van der Waals surface area contributed by atoms with Crippen LogP contribution in [0.15, 0.2) is 52.5 Å². The smallest absolute Gasteiger partial charge is 0.158 e. The number of aliphatic imine (C=N–C) groups is 2. The fraction of sp³-hybridized carbons (Fsp3) is 0.455. The Morgan fingerprint density at radius 2 is 2.05 bits per heavy atom. The molecule has 7 heteroatoms. The first-order valence-corrected chi connectivity index (χ1v) is 14.8. The molecule has 214 valence electrons. The van der Waals surface area contributed by atoms with Crippen molar-refractivity contribution in [2.24, 2.45) is 9.98 Å². The first kappa shape index (κ1) is 30.3. The van der Waals surface area contributed by atoms with Crippen LogP contribution in [0.4, 0.5) is 10.1 Å². The number of allylic oxidation sites excluding steroid dienone is 3. The van der Waals surface area contributed by atoms with E-state index in [9.17, 15) is 0 Å². The van der Waals surface area contributed by atoms with Crippen molar-refractivity contribution in [2.75, 3.05) is 40.9 Å². The van der Waals surface area contributed by atoms with E-state index in [-0.39, 0.29) is 5.82 Å². The van der Waals surface area contributed by atoms with Crippen LogP contribution in [0.2, 0.25) is 5.02 Å². The summed E-state index contributed by atoms with van der Waals surface area (Å²) >= 11 is 6.90. The van der Waals surface area contributed by atoms with Crippen molar-refractivity contribution in [1.29, 1.82) is 0 Å². The number of halogens is 2. The van der Waals surface area contributed by atoms with Gasteiger partial charge >= 0.3 is 0 Å². The molecule has 1 aliphatic carbocycles. The van der Waals surface area contributed by atoms with Crippen LogP contribution in [0.3, 0.4) is 0 Å².